The van der Waals surface area contributed by atoms with Crippen molar-refractivity contribution < 1.29 is 9.32 Å². The van der Waals surface area contributed by atoms with E-state index in [0.717, 1.165) is 6.42 Å². The Bertz CT molecular complexity index is 262. The number of Topliss-reactive ketones (excluding diaryl/α,β-unsaturated/α-hetero) is 1. The van der Waals surface area contributed by atoms with Gasteiger partial charge < -0.3 is 4.52 Å². The minimum Gasteiger partial charge on any atom is -0.361 e. The van der Waals surface area contributed by atoms with E-state index in [0.29, 0.717) is 18.1 Å². The first-order valence-corrected chi connectivity index (χ1v) is 4.26. The molecule has 0 spiro atoms. The molecule has 2 rings (SSSR count). The van der Waals surface area contributed by atoms with Crippen molar-refractivity contribution in [1.29, 1.82) is 0 Å². The molecule has 1 aliphatic rings. The zero-order chi connectivity index (χ0) is 8.39. The van der Waals surface area contributed by atoms with Gasteiger partial charge in [0.1, 0.15) is 11.5 Å². The van der Waals surface area contributed by atoms with Crippen molar-refractivity contribution >= 4 is 5.78 Å². The van der Waals surface area contributed by atoms with E-state index in [2.05, 4.69) is 5.16 Å². The highest BCUT2D eigenvalue weighted by Crippen LogP contribution is 2.32. The summed E-state index contributed by atoms with van der Waals surface area (Å²) < 4.78 is 4.84. The standard InChI is InChI=1S/C9H11NO2/c11-8(5-7-1-2-7)6-9-3-4-10-12-9/h3-4,7H,1-2,5-6H2. The van der Waals surface area contributed by atoms with Gasteiger partial charge in [-0.3, -0.25) is 4.79 Å². The lowest BCUT2D eigenvalue weighted by Crippen LogP contribution is -2.02. The predicted molar refractivity (Wildman–Crippen MR) is 42.6 cm³/mol. The van der Waals surface area contributed by atoms with Crippen molar-refractivity contribution in [2.45, 2.75) is 25.7 Å². The average Bonchev–Trinajstić information content (AvgIpc) is 2.66. The molecule has 3 heteroatoms. The minimum absolute atomic E-state index is 0.272. The fourth-order valence-electron chi connectivity index (χ4n) is 1.24. The van der Waals surface area contributed by atoms with Crippen molar-refractivity contribution in [3.05, 3.63) is 18.0 Å². The molecule has 0 atom stereocenters. The zero-order valence-electron chi connectivity index (χ0n) is 6.82. The molecule has 0 unspecified atom stereocenters. The fraction of sp³-hybridized carbons (Fsp3) is 0.556. The Kier molecular flexibility index (Phi) is 1.94. The summed E-state index contributed by atoms with van der Waals surface area (Å²) in [6, 6.07) is 1.74. The Morgan fingerprint density at radius 2 is 2.50 bits per heavy atom. The number of hydrogen-bond donors (Lipinski definition) is 0. The third kappa shape index (κ3) is 1.94. The number of ketones is 1. The third-order valence-electron chi connectivity index (χ3n) is 2.08. The van der Waals surface area contributed by atoms with Gasteiger partial charge in [0.2, 0.25) is 0 Å². The van der Waals surface area contributed by atoms with Crippen molar-refractivity contribution in [1.82, 2.24) is 5.16 Å². The molecule has 0 bridgehead atoms. The second-order valence-electron chi connectivity index (χ2n) is 3.34. The summed E-state index contributed by atoms with van der Waals surface area (Å²) in [4.78, 5) is 11.3. The second-order valence-corrected chi connectivity index (χ2v) is 3.34. The van der Waals surface area contributed by atoms with E-state index in [1.807, 2.05) is 0 Å². The summed E-state index contributed by atoms with van der Waals surface area (Å²) in [7, 11) is 0. The summed E-state index contributed by atoms with van der Waals surface area (Å²) in [5.41, 5.74) is 0. The molecule has 1 heterocycles. The smallest absolute Gasteiger partial charge is 0.144 e. The number of rotatable bonds is 4. The van der Waals surface area contributed by atoms with E-state index in [-0.39, 0.29) is 5.78 Å². The molecule has 1 saturated carbocycles. The van der Waals surface area contributed by atoms with Crippen LogP contribution < -0.4 is 0 Å². The fourth-order valence-corrected chi connectivity index (χ4v) is 1.24. The number of carbonyl (C=O) groups excluding carboxylic acids is 1. The molecule has 1 aromatic rings. The maximum atomic E-state index is 11.3. The molecule has 3 nitrogen and oxygen atoms in total. The number of aromatic nitrogens is 1. The topological polar surface area (TPSA) is 43.1 Å². The number of carbonyl (C=O) groups is 1. The van der Waals surface area contributed by atoms with E-state index < -0.39 is 0 Å². The van der Waals surface area contributed by atoms with Crippen LogP contribution in [0.5, 0.6) is 0 Å². The van der Waals surface area contributed by atoms with Gasteiger partial charge in [-0.25, -0.2) is 0 Å². The van der Waals surface area contributed by atoms with Crippen molar-refractivity contribution in [2.24, 2.45) is 5.92 Å². The summed E-state index contributed by atoms with van der Waals surface area (Å²) in [5, 5.41) is 3.54. The Labute approximate surface area is 70.7 Å². The Balaban J connectivity index is 1.82. The highest BCUT2D eigenvalue weighted by atomic mass is 16.5. The molecule has 0 aromatic carbocycles. The summed E-state index contributed by atoms with van der Waals surface area (Å²) >= 11 is 0. The molecule has 1 fully saturated rings. The molecule has 1 aromatic heterocycles. The Morgan fingerprint density at radius 3 is 3.08 bits per heavy atom. The van der Waals surface area contributed by atoms with Crippen LogP contribution in [0.2, 0.25) is 0 Å². The molecule has 0 saturated heterocycles. The molecule has 1 aliphatic carbocycles. The third-order valence-corrected chi connectivity index (χ3v) is 2.08. The van der Waals surface area contributed by atoms with Crippen LogP contribution in [0.25, 0.3) is 0 Å². The van der Waals surface area contributed by atoms with Crippen LogP contribution in [0.15, 0.2) is 16.8 Å². The van der Waals surface area contributed by atoms with Crippen LogP contribution in [0.3, 0.4) is 0 Å². The van der Waals surface area contributed by atoms with E-state index in [9.17, 15) is 4.79 Å². The molecule has 0 radical (unpaired) electrons. The average molecular weight is 165 g/mol. The maximum absolute atomic E-state index is 11.3. The lowest BCUT2D eigenvalue weighted by molar-refractivity contribution is -0.119. The van der Waals surface area contributed by atoms with Crippen molar-refractivity contribution in [3.63, 3.8) is 0 Å². The summed E-state index contributed by atoms with van der Waals surface area (Å²) in [6.07, 6.45) is 5.15. The second kappa shape index (κ2) is 3.09. The van der Waals surface area contributed by atoms with Gasteiger partial charge in [-0.05, 0) is 18.8 Å². The van der Waals surface area contributed by atoms with Gasteiger partial charge in [-0.15, -0.1) is 0 Å². The molecule has 0 amide bonds. The van der Waals surface area contributed by atoms with E-state index in [4.69, 9.17) is 4.52 Å². The maximum Gasteiger partial charge on any atom is 0.144 e. The van der Waals surface area contributed by atoms with Gasteiger partial charge in [0.25, 0.3) is 0 Å². The molecule has 64 valence electrons. The van der Waals surface area contributed by atoms with E-state index in [1.54, 1.807) is 12.3 Å². The summed E-state index contributed by atoms with van der Waals surface area (Å²) in [6.45, 7) is 0. The van der Waals surface area contributed by atoms with Crippen LogP contribution >= 0.6 is 0 Å². The Hall–Kier alpha value is -1.12. The Morgan fingerprint density at radius 1 is 1.67 bits per heavy atom. The van der Waals surface area contributed by atoms with Crippen LogP contribution in [0.1, 0.15) is 25.0 Å². The van der Waals surface area contributed by atoms with Gasteiger partial charge in [0.05, 0.1) is 12.6 Å². The van der Waals surface area contributed by atoms with Gasteiger partial charge >= 0.3 is 0 Å². The molecule has 0 N–H and O–H groups in total. The molecule has 12 heavy (non-hydrogen) atoms. The minimum atomic E-state index is 0.272. The first-order valence-electron chi connectivity index (χ1n) is 4.26. The SMILES string of the molecule is O=C(Cc1ccno1)CC1CC1. The van der Waals surface area contributed by atoms with Gasteiger partial charge in [0, 0.05) is 12.5 Å². The number of hydrogen-bond acceptors (Lipinski definition) is 3. The van der Waals surface area contributed by atoms with E-state index in [1.165, 1.54) is 12.8 Å². The highest BCUT2D eigenvalue weighted by Gasteiger charge is 2.24. The largest absolute Gasteiger partial charge is 0.361 e. The van der Waals surface area contributed by atoms with Gasteiger partial charge in [0.15, 0.2) is 0 Å². The molecular weight excluding hydrogens is 154 g/mol. The van der Waals surface area contributed by atoms with Gasteiger partial charge in [-0.1, -0.05) is 5.16 Å². The normalized spacial score (nSPS) is 16.3. The van der Waals surface area contributed by atoms with Crippen LogP contribution in [0.4, 0.5) is 0 Å². The molecule has 0 aliphatic heterocycles. The first-order chi connectivity index (χ1) is 5.84. The van der Waals surface area contributed by atoms with E-state index >= 15 is 0 Å². The number of nitrogens with zero attached hydrogens (tertiary/aromatic N) is 1. The summed E-state index contributed by atoms with van der Waals surface area (Å²) in [5.74, 6) is 1.62. The lowest BCUT2D eigenvalue weighted by atomic mass is 10.1. The van der Waals surface area contributed by atoms with Crippen LogP contribution in [-0.2, 0) is 11.2 Å². The first kappa shape index (κ1) is 7.53. The zero-order valence-corrected chi connectivity index (χ0v) is 6.82. The van der Waals surface area contributed by atoms with Crippen molar-refractivity contribution in [2.75, 3.05) is 0 Å². The van der Waals surface area contributed by atoms with Gasteiger partial charge in [-0.2, -0.15) is 0 Å². The van der Waals surface area contributed by atoms with Crippen molar-refractivity contribution in [3.8, 4) is 0 Å². The van der Waals surface area contributed by atoms with Crippen LogP contribution in [-0.4, -0.2) is 10.9 Å². The molecular formula is C9H11NO2. The quantitative estimate of drug-likeness (QED) is 0.680. The highest BCUT2D eigenvalue weighted by molar-refractivity contribution is 5.80. The monoisotopic (exact) mass is 165 g/mol. The lowest BCUT2D eigenvalue weighted by Gasteiger charge is -1.93. The van der Waals surface area contributed by atoms with Crippen LogP contribution in [0, 0.1) is 5.92 Å². The predicted octanol–water partition coefficient (Wildman–Crippen LogP) is 1.59.